The molecule has 0 fully saturated rings. The maximum Gasteiger partial charge on any atom is 0.287 e. The van der Waals surface area contributed by atoms with Gasteiger partial charge >= 0.3 is 0 Å². The molecule has 1 aromatic rings. The number of aromatic nitrogens is 3. The second-order valence-electron chi connectivity index (χ2n) is 4.62. The Morgan fingerprint density at radius 1 is 1.67 bits per heavy atom. The first kappa shape index (κ1) is 14.6. The first-order chi connectivity index (χ1) is 8.56. The van der Waals surface area contributed by atoms with Gasteiger partial charge in [0.1, 0.15) is 0 Å². The molecule has 18 heavy (non-hydrogen) atoms. The molecule has 0 saturated carbocycles. The van der Waals surface area contributed by atoms with E-state index in [1.807, 2.05) is 5.43 Å². The van der Waals surface area contributed by atoms with Crippen molar-refractivity contribution in [2.45, 2.75) is 26.8 Å². The van der Waals surface area contributed by atoms with Gasteiger partial charge in [-0.1, -0.05) is 25.5 Å². The quantitative estimate of drug-likeness (QED) is 0.401. The van der Waals surface area contributed by atoms with Crippen LogP contribution in [0, 0.1) is 5.92 Å². The van der Waals surface area contributed by atoms with Gasteiger partial charge in [-0.15, -0.1) is 5.10 Å². The normalized spacial score (nSPS) is 12.7. The summed E-state index contributed by atoms with van der Waals surface area (Å²) in [6, 6.07) is 0. The van der Waals surface area contributed by atoms with Gasteiger partial charge in [-0.2, -0.15) is 0 Å². The fourth-order valence-corrected chi connectivity index (χ4v) is 1.61. The van der Waals surface area contributed by atoms with Crippen LogP contribution in [0.1, 0.15) is 30.8 Å². The van der Waals surface area contributed by atoms with Crippen molar-refractivity contribution in [3.63, 3.8) is 0 Å². The van der Waals surface area contributed by atoms with Crippen molar-refractivity contribution >= 4 is 5.91 Å². The maximum absolute atomic E-state index is 11.2. The molecule has 0 spiro atoms. The first-order valence-corrected chi connectivity index (χ1v) is 6.16. The lowest BCUT2D eigenvalue weighted by Gasteiger charge is -2.19. The van der Waals surface area contributed by atoms with E-state index in [4.69, 9.17) is 5.84 Å². The van der Waals surface area contributed by atoms with Gasteiger partial charge in [0.15, 0.2) is 5.69 Å². The summed E-state index contributed by atoms with van der Waals surface area (Å²) in [5.41, 5.74) is 2.27. The average Bonchev–Trinajstić information content (AvgIpc) is 2.84. The number of nitrogens with one attached hydrogen (secondary N) is 1. The van der Waals surface area contributed by atoms with Crippen LogP contribution < -0.4 is 11.3 Å². The maximum atomic E-state index is 11.2. The number of nitrogens with two attached hydrogens (primary N) is 1. The Labute approximate surface area is 107 Å². The molecule has 1 heterocycles. The molecule has 7 heteroatoms. The molecule has 0 aliphatic heterocycles. The highest BCUT2D eigenvalue weighted by molar-refractivity contribution is 5.91. The van der Waals surface area contributed by atoms with Crippen LogP contribution in [-0.4, -0.2) is 45.9 Å². The summed E-state index contributed by atoms with van der Waals surface area (Å²) < 4.78 is 1.65. The number of hydrazine groups is 1. The summed E-state index contributed by atoms with van der Waals surface area (Å²) in [5.74, 6) is 5.28. The van der Waals surface area contributed by atoms with Gasteiger partial charge < -0.3 is 4.90 Å². The number of hydrogen-bond donors (Lipinski definition) is 2. The molecular formula is C11H22N6O. The van der Waals surface area contributed by atoms with Gasteiger partial charge in [-0.25, -0.2) is 5.84 Å². The molecule has 3 N–H and O–H groups in total. The standard InChI is InChI=1S/C11H22N6O/c1-4-9(2)7-16(3)5-6-17-8-10(14-15-17)11(18)13-12/h8-9H,4-7,12H2,1-3H3,(H,13,18). The van der Waals surface area contributed by atoms with E-state index in [0.717, 1.165) is 13.1 Å². The Morgan fingerprint density at radius 2 is 2.39 bits per heavy atom. The van der Waals surface area contributed by atoms with Crippen molar-refractivity contribution in [2.24, 2.45) is 11.8 Å². The van der Waals surface area contributed by atoms with E-state index >= 15 is 0 Å². The van der Waals surface area contributed by atoms with Crippen molar-refractivity contribution in [3.05, 3.63) is 11.9 Å². The molecule has 1 atom stereocenters. The first-order valence-electron chi connectivity index (χ1n) is 6.16. The SMILES string of the molecule is CCC(C)CN(C)CCn1cc(C(=O)NN)nn1. The van der Waals surface area contributed by atoms with E-state index in [9.17, 15) is 4.79 Å². The zero-order valence-corrected chi connectivity index (χ0v) is 11.3. The molecule has 0 aromatic carbocycles. The van der Waals surface area contributed by atoms with Gasteiger partial charge in [-0.05, 0) is 13.0 Å². The third kappa shape index (κ3) is 4.42. The van der Waals surface area contributed by atoms with Crippen LogP contribution in [0.5, 0.6) is 0 Å². The zero-order valence-electron chi connectivity index (χ0n) is 11.3. The minimum atomic E-state index is -0.422. The van der Waals surface area contributed by atoms with Crippen LogP contribution >= 0.6 is 0 Å². The Morgan fingerprint density at radius 3 is 3.00 bits per heavy atom. The second-order valence-corrected chi connectivity index (χ2v) is 4.62. The highest BCUT2D eigenvalue weighted by atomic mass is 16.2. The highest BCUT2D eigenvalue weighted by Crippen LogP contribution is 2.02. The molecule has 0 aliphatic rings. The predicted octanol–water partition coefficient (Wildman–Crippen LogP) is -0.140. The lowest BCUT2D eigenvalue weighted by molar-refractivity contribution is 0.0948. The van der Waals surface area contributed by atoms with Crippen LogP contribution in [0.3, 0.4) is 0 Å². The Hall–Kier alpha value is -1.47. The summed E-state index contributed by atoms with van der Waals surface area (Å²) in [6.45, 7) is 7.06. The van der Waals surface area contributed by atoms with Crippen molar-refractivity contribution in [3.8, 4) is 0 Å². The molecule has 0 aliphatic carbocycles. The van der Waals surface area contributed by atoms with E-state index in [1.54, 1.807) is 10.9 Å². The summed E-state index contributed by atoms with van der Waals surface area (Å²) in [5, 5.41) is 7.62. The number of carbonyl (C=O) groups excluding carboxylic acids is 1. The van der Waals surface area contributed by atoms with Crippen molar-refractivity contribution in [1.82, 2.24) is 25.3 Å². The number of hydrogen-bond acceptors (Lipinski definition) is 5. The number of amides is 1. The molecule has 7 nitrogen and oxygen atoms in total. The van der Waals surface area contributed by atoms with Crippen LogP contribution in [0.2, 0.25) is 0 Å². The van der Waals surface area contributed by atoms with Crippen LogP contribution in [0.25, 0.3) is 0 Å². The molecule has 0 bridgehead atoms. The van der Waals surface area contributed by atoms with Gasteiger partial charge in [-0.3, -0.25) is 14.9 Å². The van der Waals surface area contributed by atoms with Gasteiger partial charge in [0, 0.05) is 13.1 Å². The molecule has 1 amide bonds. The third-order valence-electron chi connectivity index (χ3n) is 2.93. The molecule has 102 valence electrons. The third-order valence-corrected chi connectivity index (χ3v) is 2.93. The van der Waals surface area contributed by atoms with E-state index in [1.165, 1.54) is 6.42 Å². The number of likely N-dealkylation sites (N-methyl/N-ethyl adjacent to an activating group) is 1. The van der Waals surface area contributed by atoms with Gasteiger partial charge in [0.2, 0.25) is 0 Å². The monoisotopic (exact) mass is 254 g/mol. The topological polar surface area (TPSA) is 89.1 Å². The summed E-state index contributed by atoms with van der Waals surface area (Å²) in [6.07, 6.45) is 2.77. The van der Waals surface area contributed by atoms with Gasteiger partial charge in [0.05, 0.1) is 12.7 Å². The molecule has 0 radical (unpaired) electrons. The molecular weight excluding hydrogens is 232 g/mol. The van der Waals surface area contributed by atoms with Gasteiger partial charge in [0.25, 0.3) is 5.91 Å². The van der Waals surface area contributed by atoms with Crippen molar-refractivity contribution in [1.29, 1.82) is 0 Å². The van der Waals surface area contributed by atoms with E-state index in [0.29, 0.717) is 12.5 Å². The van der Waals surface area contributed by atoms with Crippen LogP contribution in [0.4, 0.5) is 0 Å². The van der Waals surface area contributed by atoms with Crippen molar-refractivity contribution < 1.29 is 4.79 Å². The average molecular weight is 254 g/mol. The number of rotatable bonds is 7. The fourth-order valence-electron chi connectivity index (χ4n) is 1.61. The number of nitrogen functional groups attached to an aromatic ring is 1. The van der Waals surface area contributed by atoms with E-state index < -0.39 is 5.91 Å². The molecule has 1 aromatic heterocycles. The smallest absolute Gasteiger partial charge is 0.287 e. The number of carbonyl (C=O) groups is 1. The van der Waals surface area contributed by atoms with E-state index in [2.05, 4.69) is 36.1 Å². The minimum absolute atomic E-state index is 0.238. The number of nitrogens with zero attached hydrogens (tertiary/aromatic N) is 4. The zero-order chi connectivity index (χ0) is 13.5. The molecule has 0 saturated heterocycles. The summed E-state index contributed by atoms with van der Waals surface area (Å²) in [7, 11) is 2.08. The van der Waals surface area contributed by atoms with Crippen molar-refractivity contribution in [2.75, 3.05) is 20.1 Å². The fraction of sp³-hybridized carbons (Fsp3) is 0.727. The largest absolute Gasteiger partial charge is 0.304 e. The highest BCUT2D eigenvalue weighted by Gasteiger charge is 2.09. The summed E-state index contributed by atoms with van der Waals surface area (Å²) >= 11 is 0. The van der Waals surface area contributed by atoms with E-state index in [-0.39, 0.29) is 5.69 Å². The summed E-state index contributed by atoms with van der Waals surface area (Å²) in [4.78, 5) is 13.4. The lowest BCUT2D eigenvalue weighted by Crippen LogP contribution is -2.30. The Bertz CT molecular complexity index is 377. The predicted molar refractivity (Wildman–Crippen MR) is 68.6 cm³/mol. The molecule has 1 unspecified atom stereocenters. The Kier molecular flexibility index (Phi) is 5.73. The van der Waals surface area contributed by atoms with Crippen LogP contribution in [0.15, 0.2) is 6.20 Å². The Balaban J connectivity index is 2.39. The van der Waals surface area contributed by atoms with Crippen LogP contribution in [-0.2, 0) is 6.54 Å². The minimum Gasteiger partial charge on any atom is -0.304 e. The lowest BCUT2D eigenvalue weighted by atomic mass is 10.1. The second kappa shape index (κ2) is 7.07. The molecule has 1 rings (SSSR count).